The first-order chi connectivity index (χ1) is 12.6. The zero-order chi connectivity index (χ0) is 18.6. The number of hydrogen-bond acceptors (Lipinski definition) is 7. The van der Waals surface area contributed by atoms with Crippen molar-refractivity contribution < 1.29 is 23.8 Å². The second-order valence-corrected chi connectivity index (χ2v) is 7.15. The van der Waals surface area contributed by atoms with Crippen molar-refractivity contribution in [2.45, 2.75) is 39.0 Å². The van der Waals surface area contributed by atoms with E-state index in [0.717, 1.165) is 32.4 Å². The number of hydrogen-bond donors (Lipinski definition) is 1. The van der Waals surface area contributed by atoms with E-state index in [1.165, 1.54) is 6.26 Å². The van der Waals surface area contributed by atoms with E-state index < -0.39 is 5.97 Å². The van der Waals surface area contributed by atoms with Gasteiger partial charge in [-0.15, -0.1) is 0 Å². The molecule has 0 aromatic carbocycles. The fourth-order valence-electron chi connectivity index (χ4n) is 3.98. The van der Waals surface area contributed by atoms with Crippen molar-refractivity contribution in [1.29, 1.82) is 0 Å². The fraction of sp³-hybridized carbons (Fsp3) is 0.722. The topological polar surface area (TPSA) is 96.1 Å². The number of anilines is 1. The average Bonchev–Trinajstić information content (AvgIpc) is 3.13. The van der Waals surface area contributed by atoms with Crippen LogP contribution in [-0.4, -0.2) is 66.3 Å². The van der Waals surface area contributed by atoms with Crippen LogP contribution in [-0.2, 0) is 9.53 Å². The Labute approximate surface area is 153 Å². The van der Waals surface area contributed by atoms with Gasteiger partial charge in [0.15, 0.2) is 5.69 Å². The van der Waals surface area contributed by atoms with Crippen LogP contribution in [0.5, 0.6) is 0 Å². The highest BCUT2D eigenvalue weighted by atomic mass is 16.5. The minimum absolute atomic E-state index is 0.0141. The molecule has 1 N–H and O–H groups in total. The largest absolute Gasteiger partial charge is 0.461 e. The van der Waals surface area contributed by atoms with Crippen LogP contribution in [0.2, 0.25) is 0 Å². The molecule has 2 fully saturated rings. The molecule has 2 aliphatic rings. The lowest BCUT2D eigenvalue weighted by Crippen LogP contribution is -2.54. The number of aliphatic hydroxyl groups excluding tert-OH is 1. The summed E-state index contributed by atoms with van der Waals surface area (Å²) in [4.78, 5) is 32.2. The summed E-state index contributed by atoms with van der Waals surface area (Å²) in [5.74, 6) is -0.311. The molecular formula is C18H27N3O5. The van der Waals surface area contributed by atoms with Gasteiger partial charge in [0.1, 0.15) is 6.26 Å². The van der Waals surface area contributed by atoms with Gasteiger partial charge in [-0.3, -0.25) is 4.79 Å². The van der Waals surface area contributed by atoms with Crippen LogP contribution in [0.15, 0.2) is 10.7 Å². The summed E-state index contributed by atoms with van der Waals surface area (Å²) in [6.07, 6.45) is 5.38. The van der Waals surface area contributed by atoms with Gasteiger partial charge in [-0.1, -0.05) is 0 Å². The maximum absolute atomic E-state index is 12.2. The monoisotopic (exact) mass is 365 g/mol. The molecule has 0 aliphatic carbocycles. The number of piperidine rings is 2. The third kappa shape index (κ3) is 4.00. The van der Waals surface area contributed by atoms with E-state index >= 15 is 0 Å². The summed E-state index contributed by atoms with van der Waals surface area (Å²) in [6, 6.07) is 0.436. The summed E-state index contributed by atoms with van der Waals surface area (Å²) in [7, 11) is 0. The van der Waals surface area contributed by atoms with Crippen molar-refractivity contribution in [3.8, 4) is 0 Å². The number of carbonyl (C=O) groups excluding carboxylic acids is 2. The summed E-state index contributed by atoms with van der Waals surface area (Å²) in [6.45, 7) is 5.01. The molecule has 0 saturated carbocycles. The summed E-state index contributed by atoms with van der Waals surface area (Å²) < 4.78 is 10.5. The van der Waals surface area contributed by atoms with Crippen LogP contribution in [0.4, 0.5) is 6.01 Å². The molecule has 8 nitrogen and oxygen atoms in total. The Bertz CT molecular complexity index is 647. The Morgan fingerprint density at radius 1 is 1.42 bits per heavy atom. The highest BCUT2D eigenvalue weighted by molar-refractivity contribution is 5.87. The van der Waals surface area contributed by atoms with E-state index in [4.69, 9.17) is 14.3 Å². The lowest BCUT2D eigenvalue weighted by molar-refractivity contribution is -0.138. The lowest BCUT2D eigenvalue weighted by atomic mass is 9.73. The molecule has 144 valence electrons. The Morgan fingerprint density at radius 2 is 2.27 bits per heavy atom. The molecule has 1 atom stereocenters. The Hall–Kier alpha value is -2.09. The van der Waals surface area contributed by atoms with E-state index in [1.807, 2.05) is 4.90 Å². The van der Waals surface area contributed by atoms with Gasteiger partial charge in [-0.05, 0) is 32.6 Å². The number of likely N-dealkylation sites (tertiary alicyclic amines) is 1. The van der Waals surface area contributed by atoms with E-state index in [-0.39, 0.29) is 23.6 Å². The Kier molecular flexibility index (Phi) is 5.80. The second kappa shape index (κ2) is 8.07. The predicted octanol–water partition coefficient (Wildman–Crippen LogP) is 1.44. The molecule has 8 heteroatoms. The molecule has 0 bridgehead atoms. The number of oxazole rings is 1. The van der Waals surface area contributed by atoms with Crippen LogP contribution >= 0.6 is 0 Å². The van der Waals surface area contributed by atoms with Crippen LogP contribution in [0.1, 0.15) is 49.5 Å². The van der Waals surface area contributed by atoms with E-state index in [9.17, 15) is 9.59 Å². The summed E-state index contributed by atoms with van der Waals surface area (Å²) in [5.41, 5.74) is 0.199. The molecule has 2 saturated heterocycles. The van der Waals surface area contributed by atoms with Crippen molar-refractivity contribution in [3.05, 3.63) is 12.0 Å². The molecule has 3 heterocycles. The number of aliphatic hydroxyl groups is 1. The first-order valence-electron chi connectivity index (χ1n) is 9.33. The average molecular weight is 365 g/mol. The third-order valence-electron chi connectivity index (χ3n) is 5.24. The molecule has 1 unspecified atom stereocenters. The van der Waals surface area contributed by atoms with Crippen molar-refractivity contribution in [2.75, 3.05) is 44.3 Å². The lowest BCUT2D eigenvalue weighted by Gasteiger charge is -2.47. The third-order valence-corrected chi connectivity index (χ3v) is 5.24. The van der Waals surface area contributed by atoms with Gasteiger partial charge in [-0.2, -0.15) is 4.98 Å². The highest BCUT2D eigenvalue weighted by Crippen LogP contribution is 2.40. The first-order valence-corrected chi connectivity index (χ1v) is 9.33. The maximum atomic E-state index is 12.2. The van der Waals surface area contributed by atoms with E-state index in [1.54, 1.807) is 6.92 Å². The number of rotatable bonds is 6. The standard InChI is InChI=1S/C18H27N3O5/c1-2-25-16(24)14-11-26-17(19-14)21-8-3-6-18(13-21)7-5-15(23)20(12-18)9-4-10-22/h11,22H,2-10,12-13H2,1H3. The minimum Gasteiger partial charge on any atom is -0.461 e. The van der Waals surface area contributed by atoms with Gasteiger partial charge in [0.05, 0.1) is 6.61 Å². The molecule has 26 heavy (non-hydrogen) atoms. The zero-order valence-electron chi connectivity index (χ0n) is 15.3. The van der Waals surface area contributed by atoms with E-state index in [2.05, 4.69) is 9.88 Å². The Balaban J connectivity index is 1.69. The molecule has 1 spiro atoms. The smallest absolute Gasteiger partial charge is 0.360 e. The van der Waals surface area contributed by atoms with Gasteiger partial charge in [0, 0.05) is 44.6 Å². The number of aromatic nitrogens is 1. The normalized spacial score (nSPS) is 23.5. The zero-order valence-corrected chi connectivity index (χ0v) is 15.3. The van der Waals surface area contributed by atoms with Crippen molar-refractivity contribution in [1.82, 2.24) is 9.88 Å². The van der Waals surface area contributed by atoms with Gasteiger partial charge in [-0.25, -0.2) is 4.79 Å². The number of nitrogens with zero attached hydrogens (tertiary/aromatic N) is 3. The summed E-state index contributed by atoms with van der Waals surface area (Å²) >= 11 is 0. The van der Waals surface area contributed by atoms with Gasteiger partial charge < -0.3 is 24.1 Å². The molecule has 0 radical (unpaired) electrons. The number of ether oxygens (including phenoxy) is 1. The molecular weight excluding hydrogens is 338 g/mol. The highest BCUT2D eigenvalue weighted by Gasteiger charge is 2.42. The number of esters is 1. The SMILES string of the molecule is CCOC(=O)c1coc(N2CCCC3(CCC(=O)N(CCCO)C3)C2)n1. The minimum atomic E-state index is -0.479. The van der Waals surface area contributed by atoms with Gasteiger partial charge in [0.25, 0.3) is 6.01 Å². The van der Waals surface area contributed by atoms with Gasteiger partial charge >= 0.3 is 5.97 Å². The molecule has 2 aliphatic heterocycles. The number of carbonyl (C=O) groups is 2. The molecule has 3 rings (SSSR count). The van der Waals surface area contributed by atoms with Crippen molar-refractivity contribution >= 4 is 17.9 Å². The van der Waals surface area contributed by atoms with Crippen molar-refractivity contribution in [2.24, 2.45) is 5.41 Å². The van der Waals surface area contributed by atoms with Crippen LogP contribution < -0.4 is 4.90 Å². The van der Waals surface area contributed by atoms with Gasteiger partial charge in [0.2, 0.25) is 5.91 Å². The quantitative estimate of drug-likeness (QED) is 0.762. The maximum Gasteiger partial charge on any atom is 0.360 e. The molecule has 1 amide bonds. The van der Waals surface area contributed by atoms with Crippen LogP contribution in [0.25, 0.3) is 0 Å². The summed E-state index contributed by atoms with van der Waals surface area (Å²) in [5, 5.41) is 9.06. The first kappa shape index (κ1) is 18.7. The van der Waals surface area contributed by atoms with Crippen LogP contribution in [0.3, 0.4) is 0 Å². The van der Waals surface area contributed by atoms with Crippen molar-refractivity contribution in [3.63, 3.8) is 0 Å². The Morgan fingerprint density at radius 3 is 3.04 bits per heavy atom. The predicted molar refractivity (Wildman–Crippen MR) is 93.9 cm³/mol. The molecule has 1 aromatic rings. The fourth-order valence-corrected chi connectivity index (χ4v) is 3.98. The number of amides is 1. The second-order valence-electron chi connectivity index (χ2n) is 7.15. The van der Waals surface area contributed by atoms with Crippen LogP contribution in [0, 0.1) is 5.41 Å². The van der Waals surface area contributed by atoms with E-state index in [0.29, 0.717) is 38.6 Å². The molecule has 1 aromatic heterocycles.